The monoisotopic (exact) mass is 355 g/mol. The predicted octanol–water partition coefficient (Wildman–Crippen LogP) is 3.68. The molecule has 1 N–H and O–H groups in total. The van der Waals surface area contributed by atoms with Gasteiger partial charge in [-0.15, -0.1) is 0 Å². The van der Waals surface area contributed by atoms with Crippen LogP contribution in [-0.4, -0.2) is 20.0 Å². The van der Waals surface area contributed by atoms with Crippen molar-refractivity contribution >= 4 is 0 Å². The first-order chi connectivity index (χ1) is 13.4. The molecule has 0 unspecified atom stereocenters. The van der Waals surface area contributed by atoms with Gasteiger partial charge in [-0.2, -0.15) is 15.0 Å². The minimum atomic E-state index is 0.654. The van der Waals surface area contributed by atoms with E-state index in [1.807, 2.05) is 60.9 Å². The normalized spacial score (nSPS) is 10.8. The quantitative estimate of drug-likeness (QED) is 0.549. The highest BCUT2D eigenvalue weighted by molar-refractivity contribution is 5.60. The number of hydrogen-bond donors (Lipinski definition) is 1. The zero-order chi connectivity index (χ0) is 18.3. The van der Waals surface area contributed by atoms with Crippen LogP contribution >= 0.6 is 0 Å². The van der Waals surface area contributed by atoms with Crippen LogP contribution in [0.4, 0.5) is 0 Å². The maximum atomic E-state index is 4.76. The topological polar surface area (TPSA) is 55.6 Å². The number of rotatable bonds is 7. The molecule has 2 heterocycles. The second-order valence-electron chi connectivity index (χ2n) is 6.34. The molecule has 2 aromatic heterocycles. The van der Waals surface area contributed by atoms with Crippen LogP contribution in [0.2, 0.25) is 0 Å². The minimum absolute atomic E-state index is 0.654. The number of hydrogen-bond acceptors (Lipinski definition) is 4. The maximum absolute atomic E-state index is 4.76. The highest BCUT2D eigenvalue weighted by atomic mass is 15.5. The average molecular weight is 355 g/mol. The number of pyridine rings is 1. The molecule has 0 fully saturated rings. The number of nitrogens with one attached hydrogen (secondary N) is 1. The number of nitrogens with zero attached hydrogens (tertiary/aromatic N) is 4. The van der Waals surface area contributed by atoms with Gasteiger partial charge in [0.1, 0.15) is 11.4 Å². The van der Waals surface area contributed by atoms with E-state index >= 15 is 0 Å². The molecule has 27 heavy (non-hydrogen) atoms. The van der Waals surface area contributed by atoms with Gasteiger partial charge in [0, 0.05) is 31.0 Å². The van der Waals surface area contributed by atoms with Gasteiger partial charge in [-0.1, -0.05) is 60.7 Å². The Morgan fingerprint density at radius 2 is 1.41 bits per heavy atom. The number of aromatic nitrogens is 4. The van der Waals surface area contributed by atoms with E-state index in [1.54, 1.807) is 4.80 Å². The third-order valence-electron chi connectivity index (χ3n) is 4.31. The van der Waals surface area contributed by atoms with E-state index < -0.39 is 0 Å². The summed E-state index contributed by atoms with van der Waals surface area (Å²) in [4.78, 5) is 5.83. The fourth-order valence-corrected chi connectivity index (χ4v) is 2.96. The SMILES string of the molecule is c1ccc(Cn2nc(CNCc3ccncc3)c(-c3ccccc3)n2)cc1. The van der Waals surface area contributed by atoms with Crippen molar-refractivity contribution in [3.63, 3.8) is 0 Å². The summed E-state index contributed by atoms with van der Waals surface area (Å²) in [5.41, 5.74) is 5.34. The number of benzene rings is 2. The van der Waals surface area contributed by atoms with Crippen LogP contribution in [0.15, 0.2) is 85.2 Å². The second-order valence-corrected chi connectivity index (χ2v) is 6.34. The van der Waals surface area contributed by atoms with Crippen molar-refractivity contribution < 1.29 is 0 Å². The Kier molecular flexibility index (Phi) is 5.31. The van der Waals surface area contributed by atoms with Gasteiger partial charge in [-0.3, -0.25) is 4.98 Å². The standard InChI is InChI=1S/C22H21N5/c1-3-7-19(8-4-1)17-27-25-21(16-24-15-18-11-13-23-14-12-18)22(26-27)20-9-5-2-6-10-20/h1-14,24H,15-17H2. The summed E-state index contributed by atoms with van der Waals surface area (Å²) in [6, 6.07) is 24.5. The lowest BCUT2D eigenvalue weighted by atomic mass is 10.1. The van der Waals surface area contributed by atoms with Crippen LogP contribution < -0.4 is 5.32 Å². The first kappa shape index (κ1) is 17.1. The Bertz CT molecular complexity index is 966. The molecular formula is C22H21N5. The van der Waals surface area contributed by atoms with Gasteiger partial charge < -0.3 is 5.32 Å². The summed E-state index contributed by atoms with van der Waals surface area (Å²) >= 11 is 0. The van der Waals surface area contributed by atoms with Crippen LogP contribution in [-0.2, 0) is 19.6 Å². The summed E-state index contributed by atoms with van der Waals surface area (Å²) < 4.78 is 0. The molecule has 134 valence electrons. The molecule has 0 aliphatic heterocycles. The molecule has 0 atom stereocenters. The Balaban J connectivity index is 1.54. The van der Waals surface area contributed by atoms with Crippen LogP contribution in [0.3, 0.4) is 0 Å². The van der Waals surface area contributed by atoms with E-state index in [1.165, 1.54) is 11.1 Å². The van der Waals surface area contributed by atoms with E-state index in [-0.39, 0.29) is 0 Å². The van der Waals surface area contributed by atoms with E-state index in [0.29, 0.717) is 13.1 Å². The van der Waals surface area contributed by atoms with Gasteiger partial charge in [0.2, 0.25) is 0 Å². The smallest absolute Gasteiger partial charge is 0.117 e. The van der Waals surface area contributed by atoms with Gasteiger partial charge in [-0.05, 0) is 23.3 Å². The molecule has 4 rings (SSSR count). The van der Waals surface area contributed by atoms with Gasteiger partial charge in [0.25, 0.3) is 0 Å². The van der Waals surface area contributed by atoms with Gasteiger partial charge in [-0.25, -0.2) is 0 Å². The highest BCUT2D eigenvalue weighted by Gasteiger charge is 2.13. The molecule has 5 heteroatoms. The zero-order valence-electron chi connectivity index (χ0n) is 15.0. The molecule has 0 spiro atoms. The van der Waals surface area contributed by atoms with Crippen molar-refractivity contribution in [2.45, 2.75) is 19.6 Å². The molecule has 0 amide bonds. The molecule has 0 bridgehead atoms. The fourth-order valence-electron chi connectivity index (χ4n) is 2.96. The van der Waals surface area contributed by atoms with E-state index in [4.69, 9.17) is 10.2 Å². The highest BCUT2D eigenvalue weighted by Crippen LogP contribution is 2.20. The van der Waals surface area contributed by atoms with Crippen LogP contribution in [0, 0.1) is 0 Å². The van der Waals surface area contributed by atoms with Crippen molar-refractivity contribution in [2.24, 2.45) is 0 Å². The summed E-state index contributed by atoms with van der Waals surface area (Å²) in [5, 5.41) is 13.0. The maximum Gasteiger partial charge on any atom is 0.117 e. The molecule has 0 radical (unpaired) electrons. The lowest BCUT2D eigenvalue weighted by Gasteiger charge is -2.04. The van der Waals surface area contributed by atoms with Crippen molar-refractivity contribution in [3.8, 4) is 11.3 Å². The van der Waals surface area contributed by atoms with Crippen LogP contribution in [0.5, 0.6) is 0 Å². The van der Waals surface area contributed by atoms with Gasteiger partial charge >= 0.3 is 0 Å². The molecule has 4 aromatic rings. The van der Waals surface area contributed by atoms with Gasteiger partial charge in [0.15, 0.2) is 0 Å². The lowest BCUT2D eigenvalue weighted by molar-refractivity contribution is 0.576. The molecule has 2 aromatic carbocycles. The second kappa shape index (κ2) is 8.38. The van der Waals surface area contributed by atoms with Crippen molar-refractivity contribution in [1.82, 2.24) is 25.3 Å². The Morgan fingerprint density at radius 1 is 0.704 bits per heavy atom. The third kappa shape index (κ3) is 4.46. The third-order valence-corrected chi connectivity index (χ3v) is 4.31. The van der Waals surface area contributed by atoms with Crippen molar-refractivity contribution in [2.75, 3.05) is 0 Å². The minimum Gasteiger partial charge on any atom is -0.307 e. The Morgan fingerprint density at radius 3 is 2.15 bits per heavy atom. The average Bonchev–Trinajstić information content (AvgIpc) is 3.13. The van der Waals surface area contributed by atoms with Crippen molar-refractivity contribution in [1.29, 1.82) is 0 Å². The molecule has 0 saturated heterocycles. The Hall–Kier alpha value is -3.31. The first-order valence-corrected chi connectivity index (χ1v) is 9.01. The van der Waals surface area contributed by atoms with Gasteiger partial charge in [0.05, 0.1) is 6.54 Å². The van der Waals surface area contributed by atoms with E-state index in [9.17, 15) is 0 Å². The summed E-state index contributed by atoms with van der Waals surface area (Å²) in [7, 11) is 0. The summed E-state index contributed by atoms with van der Waals surface area (Å²) in [5.74, 6) is 0. The van der Waals surface area contributed by atoms with E-state index in [2.05, 4.69) is 34.6 Å². The van der Waals surface area contributed by atoms with Crippen molar-refractivity contribution in [3.05, 3.63) is 102 Å². The fraction of sp³-hybridized carbons (Fsp3) is 0.136. The summed E-state index contributed by atoms with van der Waals surface area (Å²) in [6.07, 6.45) is 3.62. The molecule has 0 saturated carbocycles. The molecule has 0 aliphatic rings. The molecular weight excluding hydrogens is 334 g/mol. The predicted molar refractivity (Wildman–Crippen MR) is 106 cm³/mol. The molecule has 0 aliphatic carbocycles. The van der Waals surface area contributed by atoms with Crippen LogP contribution in [0.1, 0.15) is 16.8 Å². The zero-order valence-corrected chi connectivity index (χ0v) is 15.0. The lowest BCUT2D eigenvalue weighted by Crippen LogP contribution is -2.14. The largest absolute Gasteiger partial charge is 0.307 e. The summed E-state index contributed by atoms with van der Waals surface area (Å²) in [6.45, 7) is 2.08. The molecule has 5 nitrogen and oxygen atoms in total. The Labute approximate surface area is 158 Å². The van der Waals surface area contributed by atoms with Crippen LogP contribution in [0.25, 0.3) is 11.3 Å². The van der Waals surface area contributed by atoms with E-state index in [0.717, 1.165) is 23.5 Å². The first-order valence-electron chi connectivity index (χ1n) is 9.01.